The van der Waals surface area contributed by atoms with Crippen LogP contribution in [0.15, 0.2) is 54.6 Å². The van der Waals surface area contributed by atoms with E-state index in [1.165, 1.54) is 43.9 Å². The SMILES string of the molecule is CC(C)c1cccc(C(C)C)[c]1[Sb](=[O])([c]1c(C(C)C)cccc1C(C)C)[c]1c(C(C)C)cccc1C(C)C. The van der Waals surface area contributed by atoms with Crippen LogP contribution in [0.25, 0.3) is 0 Å². The van der Waals surface area contributed by atoms with Crippen molar-refractivity contribution in [3.8, 4) is 0 Å². The summed E-state index contributed by atoms with van der Waals surface area (Å²) in [6.07, 6.45) is 0. The predicted molar refractivity (Wildman–Crippen MR) is 169 cm³/mol. The molecular formula is C36H51OSb. The Balaban J connectivity index is 2.80. The van der Waals surface area contributed by atoms with Gasteiger partial charge in [0.2, 0.25) is 0 Å². The molecule has 0 saturated heterocycles. The minimum atomic E-state index is -4.75. The number of hydrogen-bond acceptors (Lipinski definition) is 1. The van der Waals surface area contributed by atoms with Gasteiger partial charge in [-0.05, 0) is 0 Å². The van der Waals surface area contributed by atoms with E-state index >= 15 is 3.02 Å². The van der Waals surface area contributed by atoms with Gasteiger partial charge in [-0.15, -0.1) is 0 Å². The van der Waals surface area contributed by atoms with Gasteiger partial charge in [-0.25, -0.2) is 0 Å². The van der Waals surface area contributed by atoms with Crippen molar-refractivity contribution in [1.29, 1.82) is 0 Å². The Kier molecular flexibility index (Phi) is 9.90. The second-order valence-electron chi connectivity index (χ2n) is 12.9. The van der Waals surface area contributed by atoms with E-state index in [1.807, 2.05) is 0 Å². The molecule has 38 heavy (non-hydrogen) atoms. The van der Waals surface area contributed by atoms with Gasteiger partial charge in [-0.2, -0.15) is 0 Å². The first-order valence-electron chi connectivity index (χ1n) is 14.7. The van der Waals surface area contributed by atoms with E-state index in [0.717, 1.165) is 0 Å². The van der Waals surface area contributed by atoms with Crippen molar-refractivity contribution < 1.29 is 3.02 Å². The molecule has 0 spiro atoms. The van der Waals surface area contributed by atoms with Gasteiger partial charge >= 0.3 is 239 Å². The molecule has 3 rings (SSSR count). The molecule has 0 saturated carbocycles. The average molecular weight is 622 g/mol. The summed E-state index contributed by atoms with van der Waals surface area (Å²) < 4.78 is 20.6. The molecule has 1 nitrogen and oxygen atoms in total. The fourth-order valence-corrected chi connectivity index (χ4v) is 19.8. The normalized spacial score (nSPS) is 12.7. The zero-order valence-electron chi connectivity index (χ0n) is 26.0. The van der Waals surface area contributed by atoms with Crippen LogP contribution in [0.5, 0.6) is 0 Å². The van der Waals surface area contributed by atoms with Gasteiger partial charge in [-0.3, -0.25) is 0 Å². The van der Waals surface area contributed by atoms with Crippen LogP contribution in [0.3, 0.4) is 0 Å². The quantitative estimate of drug-likeness (QED) is 0.218. The maximum absolute atomic E-state index is 17.1. The van der Waals surface area contributed by atoms with E-state index in [9.17, 15) is 0 Å². The molecule has 0 fully saturated rings. The van der Waals surface area contributed by atoms with Gasteiger partial charge in [0.05, 0.1) is 0 Å². The van der Waals surface area contributed by atoms with Crippen molar-refractivity contribution in [1.82, 2.24) is 0 Å². The Morgan fingerprint density at radius 2 is 0.526 bits per heavy atom. The van der Waals surface area contributed by atoms with Crippen molar-refractivity contribution in [3.05, 3.63) is 88.0 Å². The van der Waals surface area contributed by atoms with Crippen LogP contribution in [0.4, 0.5) is 0 Å². The van der Waals surface area contributed by atoms with Crippen LogP contribution < -0.4 is 10.5 Å². The third-order valence-electron chi connectivity index (χ3n) is 7.97. The molecule has 0 aliphatic rings. The standard InChI is InChI=1S/3C12H17.O.Sb/c3*1-9(2)11-6-5-7-12(8-11)10(3)4;;/h3*5-7,9-10H,1-4H3;;. The molecule has 0 bridgehead atoms. The van der Waals surface area contributed by atoms with Gasteiger partial charge in [0.1, 0.15) is 0 Å². The summed E-state index contributed by atoms with van der Waals surface area (Å²) >= 11 is -4.75. The molecule has 2 heteroatoms. The number of rotatable bonds is 9. The Morgan fingerprint density at radius 3 is 0.658 bits per heavy atom. The van der Waals surface area contributed by atoms with Crippen LogP contribution >= 0.6 is 0 Å². The van der Waals surface area contributed by atoms with E-state index in [4.69, 9.17) is 0 Å². The maximum atomic E-state index is 17.1. The van der Waals surface area contributed by atoms with Crippen molar-refractivity contribution in [2.75, 3.05) is 0 Å². The Morgan fingerprint density at radius 1 is 0.368 bits per heavy atom. The molecule has 0 aromatic heterocycles. The molecule has 0 aliphatic carbocycles. The third kappa shape index (κ3) is 5.61. The second kappa shape index (κ2) is 12.2. The molecule has 206 valence electrons. The summed E-state index contributed by atoms with van der Waals surface area (Å²) in [5.74, 6) is 1.71. The summed E-state index contributed by atoms with van der Waals surface area (Å²) in [4.78, 5) is 0. The molecule has 0 radical (unpaired) electrons. The Hall–Kier alpha value is -1.72. The number of benzene rings is 3. The summed E-state index contributed by atoms with van der Waals surface area (Å²) in [7, 11) is 0. The zero-order valence-corrected chi connectivity index (χ0v) is 28.6. The van der Waals surface area contributed by atoms with E-state index in [-0.39, 0.29) is 35.5 Å². The van der Waals surface area contributed by atoms with Gasteiger partial charge in [-0.1, -0.05) is 0 Å². The van der Waals surface area contributed by atoms with Crippen LogP contribution in [-0.4, -0.2) is 18.8 Å². The Labute approximate surface area is 237 Å². The first-order valence-corrected chi connectivity index (χ1v) is 19.6. The van der Waals surface area contributed by atoms with Crippen LogP contribution in [0, 0.1) is 0 Å². The molecule has 0 heterocycles. The molecule has 0 amide bonds. The van der Waals surface area contributed by atoms with E-state index < -0.39 is 18.8 Å². The summed E-state index contributed by atoms with van der Waals surface area (Å²) in [6, 6.07) is 20.1. The molecule has 0 N–H and O–H groups in total. The topological polar surface area (TPSA) is 17.1 Å². The molecule has 0 unspecified atom stereocenters. The minimum absolute atomic E-state index is 0.286. The van der Waals surface area contributed by atoms with Crippen molar-refractivity contribution in [3.63, 3.8) is 0 Å². The summed E-state index contributed by atoms with van der Waals surface area (Å²) in [6.45, 7) is 27.2. The average Bonchev–Trinajstić information content (AvgIpc) is 2.86. The van der Waals surface area contributed by atoms with Crippen molar-refractivity contribution >= 4 is 29.3 Å². The zero-order chi connectivity index (χ0) is 28.5. The molecule has 0 aliphatic heterocycles. The van der Waals surface area contributed by atoms with E-state index in [2.05, 4.69) is 138 Å². The van der Waals surface area contributed by atoms with Gasteiger partial charge in [0, 0.05) is 0 Å². The van der Waals surface area contributed by atoms with Gasteiger partial charge in [0.25, 0.3) is 0 Å². The summed E-state index contributed by atoms with van der Waals surface area (Å²) in [5.41, 5.74) is 7.58. The van der Waals surface area contributed by atoms with Gasteiger partial charge in [0.15, 0.2) is 0 Å². The van der Waals surface area contributed by atoms with Crippen LogP contribution in [0.2, 0.25) is 0 Å². The van der Waals surface area contributed by atoms with Crippen molar-refractivity contribution in [2.24, 2.45) is 0 Å². The predicted octanol–water partition coefficient (Wildman–Crippen LogP) is 8.82. The number of hydrogen-bond donors (Lipinski definition) is 0. The Bertz CT molecular complexity index is 1070. The van der Waals surface area contributed by atoms with E-state index in [1.54, 1.807) is 0 Å². The first kappa shape index (κ1) is 30.8. The molecular weight excluding hydrogens is 570 g/mol. The third-order valence-corrected chi connectivity index (χ3v) is 17.8. The van der Waals surface area contributed by atoms with Crippen LogP contribution in [-0.2, 0) is 3.02 Å². The van der Waals surface area contributed by atoms with E-state index in [0.29, 0.717) is 0 Å². The first-order chi connectivity index (χ1) is 17.7. The second-order valence-corrected chi connectivity index (χ2v) is 20.2. The molecule has 3 aromatic rings. The van der Waals surface area contributed by atoms with Crippen molar-refractivity contribution in [2.45, 2.75) is 119 Å². The fourth-order valence-electron chi connectivity index (χ4n) is 5.96. The molecule has 3 aromatic carbocycles. The fraction of sp³-hybridized carbons (Fsp3) is 0.500. The summed E-state index contributed by atoms with van der Waals surface area (Å²) in [5, 5.41) is 0. The molecule has 0 atom stereocenters. The van der Waals surface area contributed by atoms with Crippen LogP contribution in [0.1, 0.15) is 152 Å². The monoisotopic (exact) mass is 620 g/mol. The van der Waals surface area contributed by atoms with Gasteiger partial charge < -0.3 is 0 Å².